The van der Waals surface area contributed by atoms with E-state index in [4.69, 9.17) is 10.5 Å². The van der Waals surface area contributed by atoms with Crippen LogP contribution in [-0.2, 0) is 9.53 Å². The lowest BCUT2D eigenvalue weighted by Crippen LogP contribution is -2.45. The SMILES string of the molecule is CCN(c1ccc(C(CC(=O)OC)C2CC2)cc1N)C1CCSC(O)(O)C1. The molecule has 6 nitrogen and oxygen atoms in total. The molecule has 0 amide bonds. The van der Waals surface area contributed by atoms with E-state index in [1.807, 2.05) is 12.1 Å². The zero-order chi connectivity index (χ0) is 19.6. The van der Waals surface area contributed by atoms with Crippen molar-refractivity contribution in [3.8, 4) is 0 Å². The lowest BCUT2D eigenvalue weighted by Gasteiger charge is -2.40. The van der Waals surface area contributed by atoms with Crippen molar-refractivity contribution in [2.45, 2.75) is 56.1 Å². The van der Waals surface area contributed by atoms with Crippen molar-refractivity contribution in [1.82, 2.24) is 0 Å². The van der Waals surface area contributed by atoms with Gasteiger partial charge in [0.25, 0.3) is 0 Å². The monoisotopic (exact) mass is 394 g/mol. The number of nitrogen functional groups attached to an aromatic ring is 1. The maximum Gasteiger partial charge on any atom is 0.306 e. The molecule has 1 aromatic rings. The molecule has 7 heteroatoms. The molecule has 2 aliphatic rings. The Kier molecular flexibility index (Phi) is 6.23. The first-order chi connectivity index (χ1) is 12.8. The fraction of sp³-hybridized carbons (Fsp3) is 0.650. The second-order valence-electron chi connectivity index (χ2n) is 7.57. The van der Waals surface area contributed by atoms with Crippen molar-refractivity contribution < 1.29 is 19.7 Å². The fourth-order valence-corrected chi connectivity index (χ4v) is 5.13. The summed E-state index contributed by atoms with van der Waals surface area (Å²) in [4.78, 5) is 13.9. The average Bonchev–Trinajstić information content (AvgIpc) is 3.45. The molecule has 2 fully saturated rings. The number of thioether (sulfide) groups is 1. The van der Waals surface area contributed by atoms with Crippen LogP contribution in [0.4, 0.5) is 11.4 Å². The number of carbonyl (C=O) groups is 1. The van der Waals surface area contributed by atoms with Gasteiger partial charge in [-0.1, -0.05) is 17.8 Å². The zero-order valence-corrected chi connectivity index (χ0v) is 16.9. The molecular formula is C20H30N2O4S. The first kappa shape index (κ1) is 20.3. The lowest BCUT2D eigenvalue weighted by molar-refractivity contribution is -0.141. The van der Waals surface area contributed by atoms with Gasteiger partial charge in [-0.25, -0.2) is 0 Å². The Morgan fingerprint density at radius 2 is 2.15 bits per heavy atom. The van der Waals surface area contributed by atoms with Gasteiger partial charge in [-0.3, -0.25) is 4.79 Å². The number of benzene rings is 1. The van der Waals surface area contributed by atoms with Gasteiger partial charge < -0.3 is 25.6 Å². The van der Waals surface area contributed by atoms with Crippen LogP contribution in [0.25, 0.3) is 0 Å². The van der Waals surface area contributed by atoms with Gasteiger partial charge in [0.05, 0.1) is 24.9 Å². The maximum absolute atomic E-state index is 11.8. The van der Waals surface area contributed by atoms with Crippen LogP contribution in [-0.4, -0.2) is 46.8 Å². The molecule has 1 heterocycles. The van der Waals surface area contributed by atoms with Crippen molar-refractivity contribution in [3.63, 3.8) is 0 Å². The Balaban J connectivity index is 1.81. The third kappa shape index (κ3) is 4.89. The van der Waals surface area contributed by atoms with E-state index in [2.05, 4.69) is 17.9 Å². The van der Waals surface area contributed by atoms with Crippen LogP contribution in [0.15, 0.2) is 18.2 Å². The van der Waals surface area contributed by atoms with Crippen LogP contribution in [0.1, 0.15) is 50.5 Å². The van der Waals surface area contributed by atoms with Crippen molar-refractivity contribution in [1.29, 1.82) is 0 Å². The van der Waals surface area contributed by atoms with Gasteiger partial charge >= 0.3 is 5.97 Å². The normalized spacial score (nSPS) is 22.9. The second kappa shape index (κ2) is 8.29. The molecule has 0 radical (unpaired) electrons. The quantitative estimate of drug-likeness (QED) is 0.372. The van der Waals surface area contributed by atoms with Crippen molar-refractivity contribution in [2.24, 2.45) is 5.92 Å². The van der Waals surface area contributed by atoms with E-state index in [0.29, 0.717) is 30.2 Å². The highest BCUT2D eigenvalue weighted by atomic mass is 32.2. The van der Waals surface area contributed by atoms with Gasteiger partial charge in [0.1, 0.15) is 0 Å². The molecule has 2 atom stereocenters. The molecule has 3 rings (SSSR count). The number of hydrogen-bond donors (Lipinski definition) is 3. The summed E-state index contributed by atoms with van der Waals surface area (Å²) in [5.74, 6) is 1.19. The summed E-state index contributed by atoms with van der Waals surface area (Å²) in [6.07, 6.45) is 3.84. The van der Waals surface area contributed by atoms with Crippen LogP contribution in [0.5, 0.6) is 0 Å². The largest absolute Gasteiger partial charge is 0.469 e. The van der Waals surface area contributed by atoms with Crippen LogP contribution in [0.3, 0.4) is 0 Å². The molecule has 1 aromatic carbocycles. The number of esters is 1. The third-order valence-electron chi connectivity index (χ3n) is 5.66. The van der Waals surface area contributed by atoms with Gasteiger partial charge in [0.15, 0.2) is 0 Å². The van der Waals surface area contributed by atoms with Crippen LogP contribution >= 0.6 is 11.8 Å². The van der Waals surface area contributed by atoms with Crippen molar-refractivity contribution in [2.75, 3.05) is 30.0 Å². The van der Waals surface area contributed by atoms with Gasteiger partial charge in [-0.05, 0) is 55.7 Å². The number of nitrogens with zero attached hydrogens (tertiary/aromatic N) is 1. The van der Waals surface area contributed by atoms with Gasteiger partial charge in [-0.15, -0.1) is 0 Å². The van der Waals surface area contributed by atoms with E-state index in [9.17, 15) is 15.0 Å². The van der Waals surface area contributed by atoms with Crippen LogP contribution in [0.2, 0.25) is 0 Å². The highest BCUT2D eigenvalue weighted by molar-refractivity contribution is 8.00. The summed E-state index contributed by atoms with van der Waals surface area (Å²) >= 11 is 1.19. The van der Waals surface area contributed by atoms with E-state index < -0.39 is 5.12 Å². The third-order valence-corrected chi connectivity index (χ3v) is 6.73. The molecule has 1 aliphatic heterocycles. The number of aliphatic hydroxyl groups is 2. The van der Waals surface area contributed by atoms with Gasteiger partial charge in [0, 0.05) is 24.8 Å². The maximum atomic E-state index is 11.8. The molecule has 0 aromatic heterocycles. The van der Waals surface area contributed by atoms with E-state index in [0.717, 1.165) is 37.1 Å². The minimum Gasteiger partial charge on any atom is -0.469 e. The minimum absolute atomic E-state index is 0.0358. The highest BCUT2D eigenvalue weighted by Gasteiger charge is 2.37. The van der Waals surface area contributed by atoms with E-state index in [1.54, 1.807) is 0 Å². The Morgan fingerprint density at radius 1 is 1.41 bits per heavy atom. The smallest absolute Gasteiger partial charge is 0.306 e. The number of hydrogen-bond acceptors (Lipinski definition) is 7. The number of anilines is 2. The number of ether oxygens (including phenoxy) is 1. The first-order valence-electron chi connectivity index (χ1n) is 9.66. The minimum atomic E-state index is -1.68. The number of methoxy groups -OCH3 is 1. The Bertz CT molecular complexity index is 678. The van der Waals surface area contributed by atoms with E-state index >= 15 is 0 Å². The number of nitrogens with two attached hydrogens (primary N) is 1. The fourth-order valence-electron chi connectivity index (χ4n) is 4.10. The topological polar surface area (TPSA) is 96.0 Å². The predicted octanol–water partition coefficient (Wildman–Crippen LogP) is 2.69. The van der Waals surface area contributed by atoms with Crippen LogP contribution in [0, 0.1) is 5.92 Å². The molecule has 0 bridgehead atoms. The second-order valence-corrected chi connectivity index (χ2v) is 8.92. The summed E-state index contributed by atoms with van der Waals surface area (Å²) in [5.41, 5.74) is 9.08. The molecule has 27 heavy (non-hydrogen) atoms. The number of carbonyl (C=O) groups excluding carboxylic acids is 1. The Hall–Kier alpha value is -1.44. The molecule has 2 unspecified atom stereocenters. The summed E-state index contributed by atoms with van der Waals surface area (Å²) in [5, 5.41) is 18.4. The molecule has 150 valence electrons. The van der Waals surface area contributed by atoms with Crippen LogP contribution < -0.4 is 10.6 Å². The summed E-state index contributed by atoms with van der Waals surface area (Å²) in [6.45, 7) is 2.79. The summed E-state index contributed by atoms with van der Waals surface area (Å²) in [6, 6.07) is 6.09. The Morgan fingerprint density at radius 3 is 2.70 bits per heavy atom. The van der Waals surface area contributed by atoms with Gasteiger partial charge in [-0.2, -0.15) is 0 Å². The molecule has 0 spiro atoms. The highest BCUT2D eigenvalue weighted by Crippen LogP contribution is 2.46. The van der Waals surface area contributed by atoms with E-state index in [-0.39, 0.29) is 17.9 Å². The van der Waals surface area contributed by atoms with Gasteiger partial charge in [0.2, 0.25) is 5.12 Å². The molecule has 1 saturated heterocycles. The zero-order valence-electron chi connectivity index (χ0n) is 16.1. The van der Waals surface area contributed by atoms with E-state index in [1.165, 1.54) is 18.9 Å². The van der Waals surface area contributed by atoms with Crippen molar-refractivity contribution >= 4 is 29.1 Å². The standard InChI is InChI=1S/C20H30N2O4S/c1-3-22(15-8-9-27-20(24,25)12-15)18-7-6-14(10-17(18)21)16(13-4-5-13)11-19(23)26-2/h6-7,10,13,15-16,24-25H,3-5,8-9,11-12,21H2,1-2H3. The molecule has 4 N–H and O–H groups in total. The summed E-state index contributed by atoms with van der Waals surface area (Å²) in [7, 11) is 1.42. The molecule has 1 aliphatic carbocycles. The average molecular weight is 395 g/mol. The predicted molar refractivity (Wildman–Crippen MR) is 109 cm³/mol. The first-order valence-corrected chi connectivity index (χ1v) is 10.6. The number of rotatable bonds is 7. The molecule has 1 saturated carbocycles. The Labute approximate surface area is 165 Å². The molecular weight excluding hydrogens is 364 g/mol. The lowest BCUT2D eigenvalue weighted by atomic mass is 9.90. The van der Waals surface area contributed by atoms with Crippen molar-refractivity contribution in [3.05, 3.63) is 23.8 Å². The summed E-state index contributed by atoms with van der Waals surface area (Å²) < 4.78 is 4.86.